The zero-order valence-electron chi connectivity index (χ0n) is 16.8. The molecule has 2 heterocycles. The van der Waals surface area contributed by atoms with Crippen molar-refractivity contribution in [2.24, 2.45) is 5.92 Å². The second-order valence-corrected chi connectivity index (χ2v) is 7.14. The molecule has 7 heteroatoms. The quantitative estimate of drug-likeness (QED) is 0.791. The van der Waals surface area contributed by atoms with Crippen LogP contribution >= 0.6 is 0 Å². The molecule has 1 N–H and O–H groups in total. The first-order valence-corrected chi connectivity index (χ1v) is 9.66. The summed E-state index contributed by atoms with van der Waals surface area (Å²) in [5.74, 6) is 2.66. The molecule has 0 aliphatic carbocycles. The van der Waals surface area contributed by atoms with Crippen molar-refractivity contribution in [2.45, 2.75) is 26.2 Å². The van der Waals surface area contributed by atoms with Gasteiger partial charge in [-0.3, -0.25) is 4.79 Å². The zero-order chi connectivity index (χ0) is 19.9. The number of nitrogens with one attached hydrogen (secondary N) is 1. The number of carbonyl (C=O) groups is 1. The van der Waals surface area contributed by atoms with Crippen molar-refractivity contribution >= 4 is 11.9 Å². The van der Waals surface area contributed by atoms with E-state index in [-0.39, 0.29) is 5.91 Å². The predicted octanol–water partition coefficient (Wildman–Crippen LogP) is 2.70. The highest BCUT2D eigenvalue weighted by molar-refractivity contribution is 5.93. The minimum atomic E-state index is -0.167. The highest BCUT2D eigenvalue weighted by atomic mass is 16.5. The van der Waals surface area contributed by atoms with E-state index in [9.17, 15) is 4.79 Å². The van der Waals surface area contributed by atoms with Gasteiger partial charge in [0.2, 0.25) is 5.95 Å². The Kier molecular flexibility index (Phi) is 6.68. The fraction of sp³-hybridized carbons (Fsp3) is 0.476. The lowest BCUT2D eigenvalue weighted by Gasteiger charge is -2.30. The predicted molar refractivity (Wildman–Crippen MR) is 108 cm³/mol. The molecule has 0 unspecified atom stereocenters. The second-order valence-electron chi connectivity index (χ2n) is 7.14. The van der Waals surface area contributed by atoms with E-state index < -0.39 is 0 Å². The van der Waals surface area contributed by atoms with Gasteiger partial charge in [-0.25, -0.2) is 9.97 Å². The van der Waals surface area contributed by atoms with Crippen LogP contribution in [0.5, 0.6) is 11.5 Å². The highest BCUT2D eigenvalue weighted by Gasteiger charge is 2.18. The Hall–Kier alpha value is -2.83. The maximum atomic E-state index is 12.3. The smallest absolute Gasteiger partial charge is 0.254 e. The van der Waals surface area contributed by atoms with Gasteiger partial charge in [-0.15, -0.1) is 0 Å². The summed E-state index contributed by atoms with van der Waals surface area (Å²) in [5, 5.41) is 2.91. The van der Waals surface area contributed by atoms with Crippen LogP contribution in [-0.2, 0) is 6.42 Å². The lowest BCUT2D eigenvalue weighted by molar-refractivity contribution is 0.0953. The van der Waals surface area contributed by atoms with Crippen LogP contribution in [0, 0.1) is 5.92 Å². The molecule has 1 aliphatic rings. The lowest BCUT2D eigenvalue weighted by Crippen LogP contribution is -2.34. The maximum Gasteiger partial charge on any atom is 0.254 e. The van der Waals surface area contributed by atoms with Crippen molar-refractivity contribution < 1.29 is 14.3 Å². The number of rotatable bonds is 7. The molecule has 3 rings (SSSR count). The van der Waals surface area contributed by atoms with E-state index in [1.165, 1.54) is 0 Å². The minimum Gasteiger partial charge on any atom is -0.493 e. The van der Waals surface area contributed by atoms with Gasteiger partial charge in [0.15, 0.2) is 11.5 Å². The molecule has 7 nitrogen and oxygen atoms in total. The Morgan fingerprint density at radius 1 is 1.14 bits per heavy atom. The molecular weight excluding hydrogens is 356 g/mol. The third-order valence-electron chi connectivity index (χ3n) is 5.11. The molecule has 1 aromatic heterocycles. The van der Waals surface area contributed by atoms with E-state index >= 15 is 0 Å². The van der Waals surface area contributed by atoms with Crippen molar-refractivity contribution in [1.29, 1.82) is 0 Å². The van der Waals surface area contributed by atoms with E-state index in [4.69, 9.17) is 9.47 Å². The molecule has 0 radical (unpaired) electrons. The molecule has 0 atom stereocenters. The summed E-state index contributed by atoms with van der Waals surface area (Å²) in [5.41, 5.74) is 1.53. The Labute approximate surface area is 166 Å². The Bertz CT molecular complexity index is 787. The summed E-state index contributed by atoms with van der Waals surface area (Å²) >= 11 is 0. The summed E-state index contributed by atoms with van der Waals surface area (Å²) in [6.07, 6.45) is 6.21. The van der Waals surface area contributed by atoms with Gasteiger partial charge in [-0.2, -0.15) is 0 Å². The number of ether oxygens (including phenoxy) is 2. The normalized spacial score (nSPS) is 14.6. The minimum absolute atomic E-state index is 0.167. The summed E-state index contributed by atoms with van der Waals surface area (Å²) < 4.78 is 10.5. The largest absolute Gasteiger partial charge is 0.493 e. The number of carbonyl (C=O) groups excluding carboxylic acids is 1. The van der Waals surface area contributed by atoms with Crippen molar-refractivity contribution in [1.82, 2.24) is 15.3 Å². The first kappa shape index (κ1) is 19.9. The number of methoxy groups -OCH3 is 2. The van der Waals surface area contributed by atoms with Gasteiger partial charge in [0.05, 0.1) is 19.8 Å². The van der Waals surface area contributed by atoms with Crippen molar-refractivity contribution in [2.75, 3.05) is 38.8 Å². The SMILES string of the molecule is COc1ccc(CCNC(=O)c2cnc(N3CCC(C)CC3)nc2)cc1OC. The van der Waals surface area contributed by atoms with Gasteiger partial charge in [-0.05, 0) is 42.9 Å². The van der Waals surface area contributed by atoms with E-state index in [1.807, 2.05) is 18.2 Å². The molecule has 0 spiro atoms. The van der Waals surface area contributed by atoms with E-state index in [0.29, 0.717) is 36.0 Å². The van der Waals surface area contributed by atoms with Crippen LogP contribution in [0.1, 0.15) is 35.7 Å². The number of amides is 1. The Morgan fingerprint density at radius 2 is 1.82 bits per heavy atom. The molecule has 0 saturated carbocycles. The first-order chi connectivity index (χ1) is 13.6. The molecule has 1 aliphatic heterocycles. The average Bonchev–Trinajstić information content (AvgIpc) is 2.74. The van der Waals surface area contributed by atoms with Crippen molar-refractivity contribution in [3.8, 4) is 11.5 Å². The van der Waals surface area contributed by atoms with Gasteiger partial charge < -0.3 is 19.7 Å². The van der Waals surface area contributed by atoms with Crippen LogP contribution in [0.15, 0.2) is 30.6 Å². The molecular formula is C21H28N4O3. The van der Waals surface area contributed by atoms with Crippen LogP contribution in [0.4, 0.5) is 5.95 Å². The Morgan fingerprint density at radius 3 is 2.46 bits per heavy atom. The number of benzene rings is 1. The number of aromatic nitrogens is 2. The molecule has 150 valence electrons. The number of nitrogens with zero attached hydrogens (tertiary/aromatic N) is 3. The van der Waals surface area contributed by atoms with Crippen molar-refractivity contribution in [3.63, 3.8) is 0 Å². The third kappa shape index (κ3) is 4.91. The molecule has 2 aromatic rings. The standard InChI is InChI=1S/C21H28N4O3/c1-15-7-10-25(11-8-15)21-23-13-17(14-24-21)20(26)22-9-6-16-4-5-18(27-2)19(12-16)28-3/h4-5,12-15H,6-11H2,1-3H3,(H,22,26). The first-order valence-electron chi connectivity index (χ1n) is 9.66. The molecule has 1 aromatic carbocycles. The van der Waals surface area contributed by atoms with Crippen LogP contribution in [0.3, 0.4) is 0 Å². The number of piperidine rings is 1. The topological polar surface area (TPSA) is 76.6 Å². The highest BCUT2D eigenvalue weighted by Crippen LogP contribution is 2.27. The summed E-state index contributed by atoms with van der Waals surface area (Å²) in [4.78, 5) is 23.3. The van der Waals surface area contributed by atoms with Gasteiger partial charge >= 0.3 is 0 Å². The average molecular weight is 384 g/mol. The lowest BCUT2D eigenvalue weighted by atomic mass is 10.00. The van der Waals surface area contributed by atoms with E-state index in [1.54, 1.807) is 26.6 Å². The van der Waals surface area contributed by atoms with E-state index in [0.717, 1.165) is 37.4 Å². The molecule has 28 heavy (non-hydrogen) atoms. The monoisotopic (exact) mass is 384 g/mol. The number of anilines is 1. The van der Waals surface area contributed by atoms with Gasteiger partial charge in [0.25, 0.3) is 5.91 Å². The number of hydrogen-bond acceptors (Lipinski definition) is 6. The molecule has 1 saturated heterocycles. The Balaban J connectivity index is 1.51. The van der Waals surface area contributed by atoms with Crippen LogP contribution in [-0.4, -0.2) is 49.7 Å². The fourth-order valence-electron chi connectivity index (χ4n) is 3.27. The van der Waals surface area contributed by atoms with Gasteiger partial charge in [0, 0.05) is 32.0 Å². The third-order valence-corrected chi connectivity index (χ3v) is 5.11. The van der Waals surface area contributed by atoms with Crippen LogP contribution in [0.25, 0.3) is 0 Å². The van der Waals surface area contributed by atoms with Crippen LogP contribution < -0.4 is 19.7 Å². The maximum absolute atomic E-state index is 12.3. The van der Waals surface area contributed by atoms with E-state index in [2.05, 4.69) is 27.1 Å². The summed E-state index contributed by atoms with van der Waals surface area (Å²) in [7, 11) is 3.22. The number of hydrogen-bond donors (Lipinski definition) is 1. The molecule has 1 amide bonds. The van der Waals surface area contributed by atoms with Crippen molar-refractivity contribution in [3.05, 3.63) is 41.7 Å². The molecule has 1 fully saturated rings. The second kappa shape index (κ2) is 9.39. The fourth-order valence-corrected chi connectivity index (χ4v) is 3.27. The zero-order valence-corrected chi connectivity index (χ0v) is 16.8. The van der Waals surface area contributed by atoms with Gasteiger partial charge in [0.1, 0.15) is 0 Å². The molecule has 0 bridgehead atoms. The van der Waals surface area contributed by atoms with Gasteiger partial charge in [-0.1, -0.05) is 13.0 Å². The summed E-state index contributed by atoms with van der Waals surface area (Å²) in [6.45, 7) is 4.73. The van der Waals surface area contributed by atoms with Crippen LogP contribution in [0.2, 0.25) is 0 Å². The summed E-state index contributed by atoms with van der Waals surface area (Å²) in [6, 6.07) is 5.75.